The van der Waals surface area contributed by atoms with Gasteiger partial charge in [0.15, 0.2) is 0 Å². The number of allylic oxidation sites excluding steroid dienone is 2. The van der Waals surface area contributed by atoms with Gasteiger partial charge < -0.3 is 9.47 Å². The maximum Gasteiger partial charge on any atom is 0.208 e. The Kier molecular flexibility index (Phi) is 3.27. The van der Waals surface area contributed by atoms with Crippen molar-refractivity contribution in [2.24, 2.45) is 0 Å². The van der Waals surface area contributed by atoms with Gasteiger partial charge in [-0.15, -0.1) is 11.8 Å². The molecule has 1 atom stereocenters. The molecule has 0 aliphatic carbocycles. The maximum absolute atomic E-state index is 5.53. The van der Waals surface area contributed by atoms with E-state index in [1.807, 2.05) is 11.8 Å². The molecule has 0 fully saturated rings. The van der Waals surface area contributed by atoms with Crippen LogP contribution in [0.25, 0.3) is 0 Å². The van der Waals surface area contributed by atoms with Gasteiger partial charge >= 0.3 is 0 Å². The highest BCUT2D eigenvalue weighted by Gasteiger charge is 2.18. The average Bonchev–Trinajstić information content (AvgIpc) is 2.05. The Hall–Kier alpha value is -0.150. The third kappa shape index (κ3) is 2.14. The number of hydrogen-bond donors (Lipinski definition) is 0. The number of hydrogen-bond acceptors (Lipinski definition) is 3. The summed E-state index contributed by atoms with van der Waals surface area (Å²) >= 11 is 1.81. The Morgan fingerprint density at radius 1 is 1.73 bits per heavy atom. The van der Waals surface area contributed by atoms with Gasteiger partial charge in [-0.25, -0.2) is 0 Å². The Labute approximate surface area is 71.9 Å². The van der Waals surface area contributed by atoms with Crippen LogP contribution in [0.2, 0.25) is 0 Å². The molecule has 0 aromatic rings. The monoisotopic (exact) mass is 174 g/mol. The molecule has 0 bridgehead atoms. The highest BCUT2D eigenvalue weighted by Crippen LogP contribution is 2.29. The Balaban J connectivity index is 2.58. The summed E-state index contributed by atoms with van der Waals surface area (Å²) in [7, 11) is 1.68. The van der Waals surface area contributed by atoms with E-state index in [1.54, 1.807) is 7.11 Å². The van der Waals surface area contributed by atoms with Crippen molar-refractivity contribution in [1.29, 1.82) is 0 Å². The second kappa shape index (κ2) is 4.02. The van der Waals surface area contributed by atoms with Gasteiger partial charge in [0.25, 0.3) is 0 Å². The molecule has 0 saturated heterocycles. The molecule has 64 valence electrons. The molecule has 1 aliphatic rings. The summed E-state index contributed by atoms with van der Waals surface area (Å²) in [4.78, 5) is 1.29. The average molecular weight is 174 g/mol. The van der Waals surface area contributed by atoms with E-state index >= 15 is 0 Å². The zero-order valence-electron chi connectivity index (χ0n) is 7.22. The standard InChI is InChI=1S/C8H14O2S/c1-4-7-6(2)11-5-8(9-3)10-7/h8H,4-5H2,1-3H3. The molecule has 1 heterocycles. The predicted octanol–water partition coefficient (Wildman–Crippen LogP) is 2.36. The molecule has 0 aromatic carbocycles. The summed E-state index contributed by atoms with van der Waals surface area (Å²) in [6.45, 7) is 4.19. The van der Waals surface area contributed by atoms with Crippen molar-refractivity contribution in [1.82, 2.24) is 0 Å². The van der Waals surface area contributed by atoms with Gasteiger partial charge in [0, 0.05) is 18.4 Å². The van der Waals surface area contributed by atoms with Crippen LogP contribution in [0.3, 0.4) is 0 Å². The molecule has 0 spiro atoms. The molecule has 2 nitrogen and oxygen atoms in total. The Bertz CT molecular complexity index is 165. The fourth-order valence-electron chi connectivity index (χ4n) is 0.998. The Morgan fingerprint density at radius 2 is 2.45 bits per heavy atom. The van der Waals surface area contributed by atoms with E-state index in [0.717, 1.165) is 17.9 Å². The molecule has 0 N–H and O–H groups in total. The SMILES string of the molecule is CCC1=C(C)SCC(OC)O1. The van der Waals surface area contributed by atoms with E-state index in [4.69, 9.17) is 9.47 Å². The van der Waals surface area contributed by atoms with Crippen molar-refractivity contribution in [3.8, 4) is 0 Å². The minimum atomic E-state index is -0.0429. The van der Waals surface area contributed by atoms with Gasteiger partial charge in [-0.3, -0.25) is 0 Å². The highest BCUT2D eigenvalue weighted by atomic mass is 32.2. The van der Waals surface area contributed by atoms with Crippen LogP contribution >= 0.6 is 11.8 Å². The lowest BCUT2D eigenvalue weighted by atomic mass is 10.3. The molecule has 1 aliphatic heterocycles. The number of rotatable bonds is 2. The minimum absolute atomic E-state index is 0.0429. The Morgan fingerprint density at radius 3 is 3.00 bits per heavy atom. The van der Waals surface area contributed by atoms with Gasteiger partial charge in [0.2, 0.25) is 6.29 Å². The number of thioether (sulfide) groups is 1. The van der Waals surface area contributed by atoms with E-state index in [1.165, 1.54) is 4.91 Å². The van der Waals surface area contributed by atoms with Gasteiger partial charge in [0.1, 0.15) is 5.76 Å². The predicted molar refractivity (Wildman–Crippen MR) is 47.3 cm³/mol. The molecular formula is C8H14O2S. The van der Waals surface area contributed by atoms with Crippen molar-refractivity contribution < 1.29 is 9.47 Å². The summed E-state index contributed by atoms with van der Waals surface area (Å²) in [6.07, 6.45) is 0.914. The maximum atomic E-state index is 5.53. The summed E-state index contributed by atoms with van der Waals surface area (Å²) in [5.41, 5.74) is 0. The zero-order chi connectivity index (χ0) is 8.27. The second-order valence-corrected chi connectivity index (χ2v) is 3.66. The van der Waals surface area contributed by atoms with Crippen molar-refractivity contribution in [2.75, 3.05) is 12.9 Å². The highest BCUT2D eigenvalue weighted by molar-refractivity contribution is 8.03. The van der Waals surface area contributed by atoms with E-state index in [9.17, 15) is 0 Å². The first-order valence-electron chi connectivity index (χ1n) is 3.80. The van der Waals surface area contributed by atoms with Crippen molar-refractivity contribution >= 4 is 11.8 Å². The smallest absolute Gasteiger partial charge is 0.208 e. The van der Waals surface area contributed by atoms with Crippen LogP contribution < -0.4 is 0 Å². The number of ether oxygens (including phenoxy) is 2. The van der Waals surface area contributed by atoms with Crippen molar-refractivity contribution in [3.05, 3.63) is 10.7 Å². The molecule has 0 aromatic heterocycles. The summed E-state index contributed by atoms with van der Waals surface area (Å²) in [5.74, 6) is 1.99. The van der Waals surface area contributed by atoms with Gasteiger partial charge in [-0.1, -0.05) is 6.92 Å². The van der Waals surface area contributed by atoms with Gasteiger partial charge in [0.05, 0.1) is 5.75 Å². The molecule has 0 radical (unpaired) electrons. The van der Waals surface area contributed by atoms with Crippen LogP contribution in [0.5, 0.6) is 0 Å². The van der Waals surface area contributed by atoms with Crippen molar-refractivity contribution in [2.45, 2.75) is 26.6 Å². The summed E-state index contributed by atoms with van der Waals surface area (Å²) in [6, 6.07) is 0. The second-order valence-electron chi connectivity index (χ2n) is 2.43. The topological polar surface area (TPSA) is 18.5 Å². The summed E-state index contributed by atoms with van der Waals surface area (Å²) in [5, 5.41) is 0. The van der Waals surface area contributed by atoms with Crippen LogP contribution in [-0.2, 0) is 9.47 Å². The van der Waals surface area contributed by atoms with E-state index in [2.05, 4.69) is 13.8 Å². The van der Waals surface area contributed by atoms with Crippen LogP contribution in [0.15, 0.2) is 10.7 Å². The van der Waals surface area contributed by atoms with E-state index < -0.39 is 0 Å². The first-order chi connectivity index (χ1) is 5.27. The molecule has 1 unspecified atom stereocenters. The van der Waals surface area contributed by atoms with E-state index in [0.29, 0.717) is 0 Å². The van der Waals surface area contributed by atoms with E-state index in [-0.39, 0.29) is 6.29 Å². The van der Waals surface area contributed by atoms with Crippen LogP contribution in [0.1, 0.15) is 20.3 Å². The molecule has 0 amide bonds. The first-order valence-corrected chi connectivity index (χ1v) is 4.78. The zero-order valence-corrected chi connectivity index (χ0v) is 8.03. The van der Waals surface area contributed by atoms with Crippen molar-refractivity contribution in [3.63, 3.8) is 0 Å². The quantitative estimate of drug-likeness (QED) is 0.640. The molecular weight excluding hydrogens is 160 g/mol. The minimum Gasteiger partial charge on any atom is -0.468 e. The summed E-state index contributed by atoms with van der Waals surface area (Å²) < 4.78 is 10.6. The largest absolute Gasteiger partial charge is 0.468 e. The van der Waals surface area contributed by atoms with Gasteiger partial charge in [-0.05, 0) is 6.92 Å². The normalized spacial score (nSPS) is 25.2. The molecule has 3 heteroatoms. The number of methoxy groups -OCH3 is 1. The third-order valence-corrected chi connectivity index (χ3v) is 2.79. The molecule has 11 heavy (non-hydrogen) atoms. The van der Waals surface area contributed by atoms with Gasteiger partial charge in [-0.2, -0.15) is 0 Å². The third-order valence-electron chi connectivity index (χ3n) is 1.69. The van der Waals surface area contributed by atoms with Crippen LogP contribution in [0.4, 0.5) is 0 Å². The lowest BCUT2D eigenvalue weighted by molar-refractivity contribution is -0.0805. The lowest BCUT2D eigenvalue weighted by Gasteiger charge is -2.25. The first kappa shape index (κ1) is 8.94. The van der Waals surface area contributed by atoms with Crippen LogP contribution in [0, 0.1) is 0 Å². The molecule has 0 saturated carbocycles. The van der Waals surface area contributed by atoms with Crippen LogP contribution in [-0.4, -0.2) is 19.2 Å². The lowest BCUT2D eigenvalue weighted by Crippen LogP contribution is -2.21. The fraction of sp³-hybridized carbons (Fsp3) is 0.750. The molecule has 1 rings (SSSR count). The fourth-order valence-corrected chi connectivity index (χ4v) is 1.94.